The van der Waals surface area contributed by atoms with Gasteiger partial charge in [-0.15, -0.1) is 0 Å². The Labute approximate surface area is 107 Å². The molecule has 1 aromatic carbocycles. The van der Waals surface area contributed by atoms with Crippen LogP contribution in [-0.4, -0.2) is 27.3 Å². The SMILES string of the molecule is COC(=O)c1cccc(Cl)c1CS(=O)(=O)C(F)F. The second kappa shape index (κ2) is 5.62. The number of esters is 1. The zero-order chi connectivity index (χ0) is 13.9. The first kappa shape index (κ1) is 14.8. The van der Waals surface area contributed by atoms with Crippen LogP contribution in [0, 0.1) is 0 Å². The van der Waals surface area contributed by atoms with Gasteiger partial charge in [0, 0.05) is 10.6 Å². The van der Waals surface area contributed by atoms with Crippen molar-refractivity contribution in [3.05, 3.63) is 34.3 Å². The smallest absolute Gasteiger partial charge is 0.338 e. The van der Waals surface area contributed by atoms with E-state index in [0.29, 0.717) is 0 Å². The zero-order valence-corrected chi connectivity index (χ0v) is 10.8. The van der Waals surface area contributed by atoms with Crippen LogP contribution in [0.3, 0.4) is 0 Å². The van der Waals surface area contributed by atoms with E-state index >= 15 is 0 Å². The third-order valence-corrected chi connectivity index (χ3v) is 3.73. The van der Waals surface area contributed by atoms with Crippen molar-refractivity contribution in [1.82, 2.24) is 0 Å². The Hall–Kier alpha value is -1.21. The largest absolute Gasteiger partial charge is 0.465 e. The summed E-state index contributed by atoms with van der Waals surface area (Å²) in [5.74, 6) is -5.38. The third-order valence-electron chi connectivity index (χ3n) is 2.14. The van der Waals surface area contributed by atoms with Crippen molar-refractivity contribution < 1.29 is 26.7 Å². The molecule has 0 heterocycles. The minimum absolute atomic E-state index is 0.0814. The Morgan fingerprint density at radius 3 is 2.56 bits per heavy atom. The molecule has 0 fully saturated rings. The van der Waals surface area contributed by atoms with Crippen LogP contribution in [-0.2, 0) is 20.3 Å². The molecule has 0 N–H and O–H groups in total. The molecule has 18 heavy (non-hydrogen) atoms. The molecular weight excluding hydrogens is 290 g/mol. The number of sulfone groups is 1. The molecule has 0 aliphatic rings. The van der Waals surface area contributed by atoms with E-state index in [1.807, 2.05) is 0 Å². The topological polar surface area (TPSA) is 60.4 Å². The molecule has 0 aliphatic carbocycles. The van der Waals surface area contributed by atoms with Gasteiger partial charge in [-0.1, -0.05) is 17.7 Å². The Bertz CT molecular complexity index is 557. The molecule has 0 spiro atoms. The molecule has 0 saturated heterocycles. The molecule has 1 aromatic rings. The summed E-state index contributed by atoms with van der Waals surface area (Å²) in [4.78, 5) is 11.4. The number of halogens is 3. The van der Waals surface area contributed by atoms with Crippen LogP contribution < -0.4 is 0 Å². The fraction of sp³-hybridized carbons (Fsp3) is 0.300. The second-order valence-corrected chi connectivity index (χ2v) is 5.70. The van der Waals surface area contributed by atoms with Crippen LogP contribution in [0.1, 0.15) is 15.9 Å². The molecule has 0 bridgehead atoms. The number of hydrogen-bond donors (Lipinski definition) is 0. The van der Waals surface area contributed by atoms with Gasteiger partial charge in [0.25, 0.3) is 0 Å². The maximum Gasteiger partial charge on any atom is 0.338 e. The Morgan fingerprint density at radius 2 is 2.06 bits per heavy atom. The summed E-state index contributed by atoms with van der Waals surface area (Å²) in [6.07, 6.45) is 0. The lowest BCUT2D eigenvalue weighted by Gasteiger charge is -2.10. The molecular formula is C10H9ClF2O4S. The molecule has 8 heteroatoms. The molecule has 0 unspecified atom stereocenters. The molecule has 0 amide bonds. The van der Waals surface area contributed by atoms with Crippen molar-refractivity contribution >= 4 is 27.4 Å². The predicted molar refractivity (Wildman–Crippen MR) is 61.4 cm³/mol. The molecule has 100 valence electrons. The minimum Gasteiger partial charge on any atom is -0.465 e. The van der Waals surface area contributed by atoms with Gasteiger partial charge in [0.2, 0.25) is 9.84 Å². The maximum atomic E-state index is 12.3. The van der Waals surface area contributed by atoms with Gasteiger partial charge in [-0.3, -0.25) is 0 Å². The number of methoxy groups -OCH3 is 1. The standard InChI is InChI=1S/C10H9ClF2O4S/c1-17-9(14)6-3-2-4-8(11)7(6)5-18(15,16)10(12)13/h2-4,10H,5H2,1H3. The van der Waals surface area contributed by atoms with E-state index in [2.05, 4.69) is 4.74 Å². The molecule has 0 radical (unpaired) electrons. The van der Waals surface area contributed by atoms with Crippen molar-refractivity contribution in [3.63, 3.8) is 0 Å². The summed E-state index contributed by atoms with van der Waals surface area (Å²) < 4.78 is 51.3. The molecule has 1 rings (SSSR count). The van der Waals surface area contributed by atoms with E-state index in [1.165, 1.54) is 18.2 Å². The summed E-state index contributed by atoms with van der Waals surface area (Å²) in [5, 5.41) is -0.0814. The van der Waals surface area contributed by atoms with E-state index in [9.17, 15) is 22.0 Å². The lowest BCUT2D eigenvalue weighted by atomic mass is 10.1. The summed E-state index contributed by atoms with van der Waals surface area (Å²) in [6.45, 7) is 0. The summed E-state index contributed by atoms with van der Waals surface area (Å²) in [6, 6.07) is 3.96. The van der Waals surface area contributed by atoms with Gasteiger partial charge in [-0.25, -0.2) is 13.2 Å². The number of hydrogen-bond acceptors (Lipinski definition) is 4. The van der Waals surface area contributed by atoms with E-state index in [1.54, 1.807) is 0 Å². The number of benzene rings is 1. The highest BCUT2D eigenvalue weighted by Gasteiger charge is 2.28. The summed E-state index contributed by atoms with van der Waals surface area (Å²) in [5.41, 5.74) is -0.333. The minimum atomic E-state index is -4.66. The van der Waals surface area contributed by atoms with Crippen LogP contribution in [0.25, 0.3) is 0 Å². The van der Waals surface area contributed by atoms with Crippen molar-refractivity contribution in [1.29, 1.82) is 0 Å². The third kappa shape index (κ3) is 3.17. The van der Waals surface area contributed by atoms with Crippen molar-refractivity contribution in [2.45, 2.75) is 11.5 Å². The molecule has 0 aliphatic heterocycles. The van der Waals surface area contributed by atoms with Crippen LogP contribution in [0.15, 0.2) is 18.2 Å². The normalized spacial score (nSPS) is 11.6. The lowest BCUT2D eigenvalue weighted by Crippen LogP contribution is -2.16. The lowest BCUT2D eigenvalue weighted by molar-refractivity contribution is 0.0599. The van der Waals surface area contributed by atoms with Gasteiger partial charge >= 0.3 is 11.7 Å². The highest BCUT2D eigenvalue weighted by molar-refractivity contribution is 7.90. The maximum absolute atomic E-state index is 12.3. The first-order valence-electron chi connectivity index (χ1n) is 4.65. The first-order chi connectivity index (χ1) is 8.29. The van der Waals surface area contributed by atoms with Crippen molar-refractivity contribution in [2.75, 3.05) is 7.11 Å². The number of ether oxygens (including phenoxy) is 1. The van der Waals surface area contributed by atoms with Gasteiger partial charge in [-0.2, -0.15) is 8.78 Å². The van der Waals surface area contributed by atoms with E-state index < -0.39 is 27.3 Å². The van der Waals surface area contributed by atoms with Crippen LogP contribution in [0.4, 0.5) is 8.78 Å². The van der Waals surface area contributed by atoms with E-state index in [0.717, 1.165) is 7.11 Å². The highest BCUT2D eigenvalue weighted by Crippen LogP contribution is 2.25. The monoisotopic (exact) mass is 298 g/mol. The van der Waals surface area contributed by atoms with E-state index in [-0.39, 0.29) is 16.1 Å². The molecule has 0 saturated carbocycles. The quantitative estimate of drug-likeness (QED) is 0.800. The van der Waals surface area contributed by atoms with Crippen LogP contribution >= 0.6 is 11.6 Å². The first-order valence-corrected chi connectivity index (χ1v) is 6.74. The summed E-state index contributed by atoms with van der Waals surface area (Å²) in [7, 11) is -3.57. The second-order valence-electron chi connectivity index (χ2n) is 3.33. The highest BCUT2D eigenvalue weighted by atomic mass is 35.5. The Kier molecular flexibility index (Phi) is 4.64. The predicted octanol–water partition coefficient (Wildman–Crippen LogP) is 2.26. The summed E-state index contributed by atoms with van der Waals surface area (Å²) >= 11 is 5.72. The molecule has 0 aromatic heterocycles. The van der Waals surface area contributed by atoms with Crippen molar-refractivity contribution in [2.24, 2.45) is 0 Å². The van der Waals surface area contributed by atoms with Gasteiger partial charge < -0.3 is 4.74 Å². The average molecular weight is 299 g/mol. The number of alkyl halides is 2. The van der Waals surface area contributed by atoms with Crippen molar-refractivity contribution in [3.8, 4) is 0 Å². The number of rotatable bonds is 4. The number of carbonyl (C=O) groups is 1. The van der Waals surface area contributed by atoms with Gasteiger partial charge in [0.05, 0.1) is 18.4 Å². The van der Waals surface area contributed by atoms with Crippen LogP contribution in [0.2, 0.25) is 5.02 Å². The Morgan fingerprint density at radius 1 is 1.44 bits per heavy atom. The fourth-order valence-electron chi connectivity index (χ4n) is 1.27. The van der Waals surface area contributed by atoms with Crippen LogP contribution in [0.5, 0.6) is 0 Å². The van der Waals surface area contributed by atoms with Gasteiger partial charge in [-0.05, 0) is 12.1 Å². The zero-order valence-electron chi connectivity index (χ0n) is 9.19. The molecule has 0 atom stereocenters. The average Bonchev–Trinajstić information content (AvgIpc) is 2.30. The van der Waals surface area contributed by atoms with Gasteiger partial charge in [0.1, 0.15) is 0 Å². The fourth-order valence-corrected chi connectivity index (χ4v) is 2.43. The van der Waals surface area contributed by atoms with Gasteiger partial charge in [0.15, 0.2) is 0 Å². The molecule has 4 nitrogen and oxygen atoms in total. The van der Waals surface area contributed by atoms with E-state index in [4.69, 9.17) is 11.6 Å². The number of carbonyl (C=O) groups excluding carboxylic acids is 1. The Balaban J connectivity index is 3.28.